The van der Waals surface area contributed by atoms with Gasteiger partial charge < -0.3 is 19.9 Å². The number of nitrogens with zero attached hydrogens (tertiary/aromatic N) is 3. The van der Waals surface area contributed by atoms with E-state index in [-0.39, 0.29) is 55.0 Å². The number of rotatable bonds is 5. The molecule has 3 aliphatic rings. The van der Waals surface area contributed by atoms with Crippen LogP contribution in [0.5, 0.6) is 0 Å². The van der Waals surface area contributed by atoms with E-state index >= 15 is 0 Å². The van der Waals surface area contributed by atoms with Crippen molar-refractivity contribution < 1.29 is 23.5 Å². The fourth-order valence-electron chi connectivity index (χ4n) is 4.72. The maximum Gasteiger partial charge on any atom is 0.248 e. The van der Waals surface area contributed by atoms with Crippen molar-refractivity contribution in [2.75, 3.05) is 13.1 Å². The number of nitrogens with one attached hydrogen (secondary N) is 1. The monoisotopic (exact) mass is 396 g/mol. The number of carbonyl (C=O) groups excluding carboxylic acids is 2. The molecule has 0 bridgehead atoms. The predicted octanol–water partition coefficient (Wildman–Crippen LogP) is 1.58. The molecule has 1 saturated heterocycles. The zero-order valence-electron chi connectivity index (χ0n) is 16.1. The van der Waals surface area contributed by atoms with Crippen LogP contribution in [0.25, 0.3) is 0 Å². The predicted molar refractivity (Wildman–Crippen MR) is 95.5 cm³/mol. The maximum atomic E-state index is 13.0. The minimum atomic E-state index is -2.60. The lowest BCUT2D eigenvalue weighted by Gasteiger charge is -2.50. The van der Waals surface area contributed by atoms with E-state index in [0.29, 0.717) is 19.5 Å². The molecule has 1 aliphatic carbocycles. The second kappa shape index (κ2) is 6.23. The normalized spacial score (nSPS) is 25.2. The fraction of sp³-hybridized carbons (Fsp3) is 0.737. The second-order valence-corrected chi connectivity index (χ2v) is 9.28. The molecular weight excluding hydrogens is 370 g/mol. The van der Waals surface area contributed by atoms with Gasteiger partial charge in [-0.25, -0.2) is 13.8 Å². The summed E-state index contributed by atoms with van der Waals surface area (Å²) in [5.41, 5.74) is -1.40. The molecule has 28 heavy (non-hydrogen) atoms. The summed E-state index contributed by atoms with van der Waals surface area (Å²) in [6, 6.07) is -0.271. The van der Waals surface area contributed by atoms with Gasteiger partial charge >= 0.3 is 0 Å². The van der Waals surface area contributed by atoms with Crippen LogP contribution in [-0.2, 0) is 15.1 Å². The maximum absolute atomic E-state index is 13.0. The Kier molecular flexibility index (Phi) is 4.30. The summed E-state index contributed by atoms with van der Waals surface area (Å²) in [5, 5.41) is 12.8. The summed E-state index contributed by atoms with van der Waals surface area (Å²) in [6.07, 6.45) is 3.93. The lowest BCUT2D eigenvalue weighted by molar-refractivity contribution is -0.151. The van der Waals surface area contributed by atoms with Gasteiger partial charge in [0.25, 0.3) is 0 Å². The van der Waals surface area contributed by atoms with Crippen LogP contribution in [-0.4, -0.2) is 56.0 Å². The Hall–Kier alpha value is -2.03. The second-order valence-electron chi connectivity index (χ2n) is 9.28. The first-order valence-corrected chi connectivity index (χ1v) is 9.68. The molecule has 1 spiro atoms. The first-order chi connectivity index (χ1) is 13.0. The van der Waals surface area contributed by atoms with Crippen molar-refractivity contribution in [1.29, 1.82) is 0 Å². The van der Waals surface area contributed by atoms with Crippen molar-refractivity contribution in [3.63, 3.8) is 0 Å². The Morgan fingerprint density at radius 1 is 1.32 bits per heavy atom. The van der Waals surface area contributed by atoms with Gasteiger partial charge in [0.1, 0.15) is 5.82 Å². The number of aromatic nitrogens is 2. The van der Waals surface area contributed by atoms with Gasteiger partial charge in [-0.05, 0) is 19.8 Å². The van der Waals surface area contributed by atoms with Gasteiger partial charge in [-0.15, -0.1) is 0 Å². The third-order valence-corrected chi connectivity index (χ3v) is 5.97. The lowest BCUT2D eigenvalue weighted by Crippen LogP contribution is -2.63. The van der Waals surface area contributed by atoms with Gasteiger partial charge in [0.2, 0.25) is 17.7 Å². The molecule has 9 heteroatoms. The number of alkyl halides is 2. The molecule has 1 unspecified atom stereocenters. The fourth-order valence-corrected chi connectivity index (χ4v) is 4.72. The van der Waals surface area contributed by atoms with Gasteiger partial charge in [0, 0.05) is 51.2 Å². The van der Waals surface area contributed by atoms with Gasteiger partial charge in [-0.1, -0.05) is 0 Å². The zero-order valence-corrected chi connectivity index (χ0v) is 16.1. The Morgan fingerprint density at radius 3 is 2.61 bits per heavy atom. The average Bonchev–Trinajstić information content (AvgIpc) is 3.04. The van der Waals surface area contributed by atoms with Crippen LogP contribution in [0.2, 0.25) is 0 Å². The summed E-state index contributed by atoms with van der Waals surface area (Å²) in [7, 11) is 0. The van der Waals surface area contributed by atoms with Crippen molar-refractivity contribution >= 4 is 11.8 Å². The highest BCUT2D eigenvalue weighted by Gasteiger charge is 2.54. The Labute approximate surface area is 162 Å². The third kappa shape index (κ3) is 3.52. The smallest absolute Gasteiger partial charge is 0.248 e. The minimum Gasteiger partial charge on any atom is -0.390 e. The van der Waals surface area contributed by atoms with E-state index in [1.807, 2.05) is 10.8 Å². The van der Waals surface area contributed by atoms with E-state index in [4.69, 9.17) is 0 Å². The largest absolute Gasteiger partial charge is 0.390 e. The number of hydrogen-bond acceptors (Lipinski definition) is 4. The molecule has 1 atom stereocenters. The van der Waals surface area contributed by atoms with Crippen LogP contribution < -0.4 is 5.32 Å². The van der Waals surface area contributed by atoms with Crippen LogP contribution in [0.1, 0.15) is 57.8 Å². The quantitative estimate of drug-likeness (QED) is 0.791. The van der Waals surface area contributed by atoms with E-state index in [2.05, 4.69) is 10.3 Å². The van der Waals surface area contributed by atoms with Crippen molar-refractivity contribution in [2.24, 2.45) is 5.92 Å². The number of imidazole rings is 1. The van der Waals surface area contributed by atoms with Crippen molar-refractivity contribution in [1.82, 2.24) is 19.8 Å². The molecule has 2 amide bonds. The van der Waals surface area contributed by atoms with E-state index < -0.39 is 11.5 Å². The first kappa shape index (κ1) is 19.3. The molecule has 7 nitrogen and oxygen atoms in total. The average molecular weight is 396 g/mol. The standard InChI is InChI=1S/C19H26F2N4O3/c1-17(2,28)9-14(26)23-13-8-18(25-4-3-22-16(13)25)10-24(11-18)15(27)5-12-6-19(20,21)7-12/h3-4,12-13,28H,5-11H2,1-2H3,(H,23,26). The summed E-state index contributed by atoms with van der Waals surface area (Å²) in [6.45, 7) is 4.15. The number of likely N-dealkylation sites (tertiary alicyclic amines) is 1. The van der Waals surface area contributed by atoms with Gasteiger partial charge in [0.05, 0.1) is 23.6 Å². The minimum absolute atomic E-state index is 0.00611. The molecule has 2 aliphatic heterocycles. The topological polar surface area (TPSA) is 87.5 Å². The van der Waals surface area contributed by atoms with E-state index in [9.17, 15) is 23.5 Å². The van der Waals surface area contributed by atoms with Crippen molar-refractivity contribution in [3.8, 4) is 0 Å². The summed E-state index contributed by atoms with van der Waals surface area (Å²) < 4.78 is 28.0. The van der Waals surface area contributed by atoms with E-state index in [0.717, 1.165) is 5.82 Å². The molecule has 0 radical (unpaired) electrons. The van der Waals surface area contributed by atoms with Gasteiger partial charge in [-0.3, -0.25) is 9.59 Å². The highest BCUT2D eigenvalue weighted by Crippen LogP contribution is 2.47. The summed E-state index contributed by atoms with van der Waals surface area (Å²) in [5.74, 6) is -2.41. The van der Waals surface area contributed by atoms with Crippen LogP contribution in [0.4, 0.5) is 8.78 Å². The SMILES string of the molecule is CC(C)(O)CC(=O)NC1CC2(CN(C(=O)CC3CC(F)(F)C3)C2)n2ccnc21. The summed E-state index contributed by atoms with van der Waals surface area (Å²) >= 11 is 0. The van der Waals surface area contributed by atoms with Crippen molar-refractivity contribution in [2.45, 2.75) is 69.1 Å². The third-order valence-electron chi connectivity index (χ3n) is 5.97. The number of hydrogen-bond donors (Lipinski definition) is 2. The molecule has 4 rings (SSSR count). The highest BCUT2D eigenvalue weighted by molar-refractivity contribution is 5.78. The van der Waals surface area contributed by atoms with Gasteiger partial charge in [-0.2, -0.15) is 0 Å². The highest BCUT2D eigenvalue weighted by atomic mass is 19.3. The Balaban J connectivity index is 1.35. The molecule has 3 heterocycles. The van der Waals surface area contributed by atoms with Crippen LogP contribution in [0, 0.1) is 5.92 Å². The molecular formula is C19H26F2N4O3. The van der Waals surface area contributed by atoms with Crippen LogP contribution in [0.15, 0.2) is 12.4 Å². The molecule has 1 saturated carbocycles. The van der Waals surface area contributed by atoms with E-state index in [1.54, 1.807) is 24.9 Å². The molecule has 1 aromatic rings. The summed E-state index contributed by atoms with van der Waals surface area (Å²) in [4.78, 5) is 30.7. The lowest BCUT2D eigenvalue weighted by atomic mass is 9.78. The number of carbonyl (C=O) groups is 2. The Morgan fingerprint density at radius 2 is 2.00 bits per heavy atom. The molecule has 2 N–H and O–H groups in total. The van der Waals surface area contributed by atoms with Gasteiger partial charge in [0.15, 0.2) is 0 Å². The van der Waals surface area contributed by atoms with E-state index in [1.165, 1.54) is 0 Å². The number of halogens is 2. The molecule has 154 valence electrons. The number of aliphatic hydroxyl groups is 1. The van der Waals surface area contributed by atoms with Crippen LogP contribution in [0.3, 0.4) is 0 Å². The number of fused-ring (bicyclic) bond motifs is 2. The first-order valence-electron chi connectivity index (χ1n) is 9.68. The van der Waals surface area contributed by atoms with Crippen molar-refractivity contribution in [3.05, 3.63) is 18.2 Å². The number of amides is 2. The molecule has 0 aromatic carbocycles. The van der Waals surface area contributed by atoms with Crippen LogP contribution >= 0.6 is 0 Å². The Bertz CT molecular complexity index is 787. The molecule has 2 fully saturated rings. The molecule has 1 aromatic heterocycles. The zero-order chi connectivity index (χ0) is 20.3.